The maximum absolute atomic E-state index is 12.8. The Balaban J connectivity index is 1.73. The van der Waals surface area contributed by atoms with Gasteiger partial charge in [0.1, 0.15) is 0 Å². The molecule has 3 aromatic rings. The van der Waals surface area contributed by atoms with Crippen LogP contribution in [0.2, 0.25) is 0 Å². The number of amides is 1. The second-order valence-electron chi connectivity index (χ2n) is 6.09. The molecule has 1 aromatic heterocycles. The minimum Gasteiger partial charge on any atom is -0.362 e. The molecule has 0 atom stereocenters. The number of aromatic amines is 1. The van der Waals surface area contributed by atoms with Crippen molar-refractivity contribution in [2.75, 3.05) is 5.32 Å². The molecule has 1 aliphatic rings. The van der Waals surface area contributed by atoms with E-state index in [9.17, 15) is 13.2 Å². The molecule has 0 radical (unpaired) electrons. The normalized spacial score (nSPS) is 15.1. The molecule has 0 saturated heterocycles. The van der Waals surface area contributed by atoms with Crippen LogP contribution in [0.15, 0.2) is 71.8 Å². The number of sulfone groups is 1. The molecule has 0 fully saturated rings. The number of H-pyrrole nitrogens is 1. The number of aromatic nitrogens is 1. The van der Waals surface area contributed by atoms with Gasteiger partial charge in [-0.2, -0.15) is 0 Å². The van der Waals surface area contributed by atoms with E-state index in [1.54, 1.807) is 36.5 Å². The summed E-state index contributed by atoms with van der Waals surface area (Å²) in [5.74, 6) is -0.323. The number of carbonyl (C=O) groups excluding carboxylic acids is 1. The molecule has 0 saturated carbocycles. The average Bonchev–Trinajstić information content (AvgIpc) is 3.24. The summed E-state index contributed by atoms with van der Waals surface area (Å²) in [6.45, 7) is 0. The van der Waals surface area contributed by atoms with E-state index >= 15 is 0 Å². The smallest absolute Gasteiger partial charge is 0.256 e. The fourth-order valence-electron chi connectivity index (χ4n) is 2.97. The first-order chi connectivity index (χ1) is 12.5. The minimum atomic E-state index is -3.51. The molecule has 4 rings (SSSR count). The molecule has 2 heterocycles. The Hall–Kier alpha value is -3.12. The van der Waals surface area contributed by atoms with E-state index in [2.05, 4.69) is 10.3 Å². The van der Waals surface area contributed by atoms with Gasteiger partial charge in [0.15, 0.2) is 9.84 Å². The maximum atomic E-state index is 12.8. The van der Waals surface area contributed by atoms with Gasteiger partial charge in [0, 0.05) is 23.1 Å². The van der Waals surface area contributed by atoms with E-state index in [-0.39, 0.29) is 16.6 Å². The number of hydrogen-bond donors (Lipinski definition) is 2. The molecule has 2 N–H and O–H groups in total. The Morgan fingerprint density at radius 2 is 1.77 bits per heavy atom. The van der Waals surface area contributed by atoms with Crippen molar-refractivity contribution in [1.82, 2.24) is 4.98 Å². The lowest BCUT2D eigenvalue weighted by Gasteiger charge is -2.07. The summed E-state index contributed by atoms with van der Waals surface area (Å²) < 4.78 is 25.6. The zero-order chi connectivity index (χ0) is 18.1. The highest BCUT2D eigenvalue weighted by Gasteiger charge is 2.26. The van der Waals surface area contributed by atoms with Crippen LogP contribution < -0.4 is 5.32 Å². The summed E-state index contributed by atoms with van der Waals surface area (Å²) in [4.78, 5) is 15.5. The van der Waals surface area contributed by atoms with Crippen molar-refractivity contribution in [2.45, 2.75) is 10.6 Å². The van der Waals surface area contributed by atoms with Crippen LogP contribution in [0.4, 0.5) is 5.69 Å². The van der Waals surface area contributed by atoms with Crippen molar-refractivity contribution in [3.8, 4) is 0 Å². The molecule has 0 unspecified atom stereocenters. The molecule has 0 aliphatic carbocycles. The molecule has 26 heavy (non-hydrogen) atoms. The van der Waals surface area contributed by atoms with Gasteiger partial charge in [-0.15, -0.1) is 0 Å². The fraction of sp³-hybridized carbons (Fsp3) is 0.0500. The van der Waals surface area contributed by atoms with Gasteiger partial charge in [-0.25, -0.2) is 8.42 Å². The first-order valence-electron chi connectivity index (χ1n) is 8.10. The number of nitrogens with one attached hydrogen (secondary N) is 2. The monoisotopic (exact) mass is 364 g/mol. The highest BCUT2D eigenvalue weighted by molar-refractivity contribution is 7.90. The van der Waals surface area contributed by atoms with E-state index in [0.29, 0.717) is 16.8 Å². The van der Waals surface area contributed by atoms with Gasteiger partial charge >= 0.3 is 0 Å². The molecule has 6 heteroatoms. The summed E-state index contributed by atoms with van der Waals surface area (Å²) in [6.07, 6.45) is 3.48. The average molecular weight is 364 g/mol. The van der Waals surface area contributed by atoms with Crippen LogP contribution in [0.3, 0.4) is 0 Å². The zero-order valence-corrected chi connectivity index (χ0v) is 14.6. The van der Waals surface area contributed by atoms with Gasteiger partial charge in [-0.3, -0.25) is 4.79 Å². The van der Waals surface area contributed by atoms with Crippen LogP contribution >= 0.6 is 0 Å². The van der Waals surface area contributed by atoms with E-state index in [1.165, 1.54) is 6.07 Å². The Bertz CT molecular complexity index is 1100. The first kappa shape index (κ1) is 16.4. The molecule has 5 nitrogen and oxygen atoms in total. The molecule has 130 valence electrons. The van der Waals surface area contributed by atoms with Gasteiger partial charge in [0.2, 0.25) is 0 Å². The third-order valence-corrected chi connectivity index (χ3v) is 5.94. The third-order valence-electron chi connectivity index (χ3n) is 4.25. The Morgan fingerprint density at radius 1 is 0.962 bits per heavy atom. The van der Waals surface area contributed by atoms with Gasteiger partial charge in [-0.1, -0.05) is 30.3 Å². The van der Waals surface area contributed by atoms with Crippen molar-refractivity contribution in [1.29, 1.82) is 0 Å². The Labute approximate surface area is 151 Å². The van der Waals surface area contributed by atoms with E-state index in [4.69, 9.17) is 0 Å². The minimum absolute atomic E-state index is 0.0797. The molecule has 0 spiro atoms. The highest BCUT2D eigenvalue weighted by atomic mass is 32.2. The van der Waals surface area contributed by atoms with Crippen LogP contribution in [-0.2, 0) is 20.4 Å². The quantitative estimate of drug-likeness (QED) is 0.696. The number of carbonyl (C=O) groups is 1. The fourth-order valence-corrected chi connectivity index (χ4v) is 4.34. The van der Waals surface area contributed by atoms with Crippen LogP contribution in [0.25, 0.3) is 11.6 Å². The van der Waals surface area contributed by atoms with Crippen LogP contribution in [0, 0.1) is 0 Å². The van der Waals surface area contributed by atoms with E-state index < -0.39 is 9.84 Å². The lowest BCUT2D eigenvalue weighted by molar-refractivity contribution is -0.110. The van der Waals surface area contributed by atoms with Gasteiger partial charge in [-0.05, 0) is 42.0 Å². The van der Waals surface area contributed by atoms with Crippen molar-refractivity contribution < 1.29 is 13.2 Å². The number of anilines is 1. The number of rotatable bonds is 4. The molecular weight excluding hydrogens is 348 g/mol. The summed E-state index contributed by atoms with van der Waals surface area (Å²) >= 11 is 0. The highest BCUT2D eigenvalue weighted by Crippen LogP contribution is 2.35. The molecule has 1 aliphatic heterocycles. The van der Waals surface area contributed by atoms with Crippen molar-refractivity contribution in [2.24, 2.45) is 0 Å². The topological polar surface area (TPSA) is 79.0 Å². The first-order valence-corrected chi connectivity index (χ1v) is 9.76. The lowest BCUT2D eigenvalue weighted by Crippen LogP contribution is -2.05. The summed E-state index contributed by atoms with van der Waals surface area (Å²) in [5.41, 5.74) is 3.16. The molecular formula is C20H16N2O3S. The third kappa shape index (κ3) is 3.07. The SMILES string of the molecule is O=C1Nc2ccc(S(=O)(=O)Cc3ccccc3)cc2/C1=C/c1ccc[nH]1. The van der Waals surface area contributed by atoms with Crippen molar-refractivity contribution in [3.05, 3.63) is 83.7 Å². The maximum Gasteiger partial charge on any atom is 0.256 e. The van der Waals surface area contributed by atoms with Gasteiger partial charge in [0.05, 0.1) is 16.2 Å². The van der Waals surface area contributed by atoms with E-state index in [0.717, 1.165) is 11.3 Å². The molecule has 0 bridgehead atoms. The van der Waals surface area contributed by atoms with Crippen LogP contribution in [0.1, 0.15) is 16.8 Å². The summed E-state index contributed by atoms with van der Waals surface area (Å²) in [7, 11) is -3.51. The number of benzene rings is 2. The Kier molecular flexibility index (Phi) is 3.97. The van der Waals surface area contributed by atoms with Gasteiger partial charge < -0.3 is 10.3 Å². The summed E-state index contributed by atoms with van der Waals surface area (Å²) in [5, 5.41) is 2.77. The van der Waals surface area contributed by atoms with Crippen molar-refractivity contribution in [3.63, 3.8) is 0 Å². The Morgan fingerprint density at radius 3 is 2.50 bits per heavy atom. The number of hydrogen-bond acceptors (Lipinski definition) is 3. The second-order valence-corrected chi connectivity index (χ2v) is 8.08. The zero-order valence-electron chi connectivity index (χ0n) is 13.8. The largest absolute Gasteiger partial charge is 0.362 e. The summed E-state index contributed by atoms with van der Waals surface area (Å²) in [6, 6.07) is 17.5. The predicted molar refractivity (Wildman–Crippen MR) is 101 cm³/mol. The number of fused-ring (bicyclic) bond motifs is 1. The van der Waals surface area contributed by atoms with Crippen LogP contribution in [-0.4, -0.2) is 19.3 Å². The van der Waals surface area contributed by atoms with E-state index in [1.807, 2.05) is 30.3 Å². The standard InChI is InChI=1S/C20H16N2O3S/c23-20-18(11-15-7-4-10-21-15)17-12-16(8-9-19(17)22-20)26(24,25)13-14-5-2-1-3-6-14/h1-12,21H,13H2,(H,22,23)/b18-11-. The molecule has 1 amide bonds. The lowest BCUT2D eigenvalue weighted by atomic mass is 10.1. The second kappa shape index (κ2) is 6.31. The van der Waals surface area contributed by atoms with Crippen molar-refractivity contribution >= 4 is 33.1 Å². The van der Waals surface area contributed by atoms with Crippen LogP contribution in [0.5, 0.6) is 0 Å². The molecule has 2 aromatic carbocycles. The van der Waals surface area contributed by atoms with Gasteiger partial charge in [0.25, 0.3) is 5.91 Å². The predicted octanol–water partition coefficient (Wildman–Crippen LogP) is 3.48.